The molecule has 3 heteroatoms. The van der Waals surface area contributed by atoms with Gasteiger partial charge in [-0.2, -0.15) is 0 Å². The largest absolute Gasteiger partial charge is 0.536 e. The molecule has 1 fully saturated rings. The van der Waals surface area contributed by atoms with Crippen molar-refractivity contribution >= 4 is 29.5 Å². The minimum atomic E-state index is -2.47. The first-order valence-electron chi connectivity index (χ1n) is 10.3. The van der Waals surface area contributed by atoms with Crippen LogP contribution in [0.15, 0.2) is 84.6 Å². The van der Waals surface area contributed by atoms with Gasteiger partial charge < -0.3 is 9.16 Å². The summed E-state index contributed by atoms with van der Waals surface area (Å²) in [4.78, 5) is 0. The Morgan fingerprint density at radius 2 is 1.64 bits per heavy atom. The van der Waals surface area contributed by atoms with E-state index in [0.717, 1.165) is 25.2 Å². The van der Waals surface area contributed by atoms with Crippen LogP contribution in [0.1, 0.15) is 25.7 Å². The average Bonchev–Trinajstić information content (AvgIpc) is 3.56. The molecule has 1 aliphatic heterocycles. The van der Waals surface area contributed by atoms with Gasteiger partial charge in [-0.3, -0.25) is 0 Å². The van der Waals surface area contributed by atoms with E-state index in [4.69, 9.17) is 9.16 Å². The molecule has 0 amide bonds. The molecule has 1 heterocycles. The van der Waals surface area contributed by atoms with Crippen molar-refractivity contribution in [2.24, 2.45) is 0 Å². The molecule has 0 aromatic heterocycles. The smallest absolute Gasteiger partial charge is 0.311 e. The first-order valence-corrected chi connectivity index (χ1v) is 12.7. The van der Waals surface area contributed by atoms with Gasteiger partial charge in [0.15, 0.2) is 0 Å². The molecule has 2 nitrogen and oxygen atoms in total. The van der Waals surface area contributed by atoms with Crippen molar-refractivity contribution in [3.05, 3.63) is 84.6 Å². The fourth-order valence-electron chi connectivity index (χ4n) is 4.49. The van der Waals surface area contributed by atoms with E-state index in [0.29, 0.717) is 0 Å². The van der Waals surface area contributed by atoms with E-state index in [9.17, 15) is 0 Å². The van der Waals surface area contributed by atoms with Crippen LogP contribution in [0.3, 0.4) is 0 Å². The SMILES string of the molecule is C[Si](OC1=CCCCCC12CO2)(c1ccccc1)c1cccc2ccccc12. The summed E-state index contributed by atoms with van der Waals surface area (Å²) in [5.74, 6) is 1.08. The van der Waals surface area contributed by atoms with Gasteiger partial charge in [0.1, 0.15) is 11.4 Å². The van der Waals surface area contributed by atoms with Crippen LogP contribution in [0.2, 0.25) is 6.55 Å². The quantitative estimate of drug-likeness (QED) is 0.476. The summed E-state index contributed by atoms with van der Waals surface area (Å²) in [6, 6.07) is 26.1. The number of benzene rings is 3. The van der Waals surface area contributed by atoms with Crippen LogP contribution in [-0.2, 0) is 9.16 Å². The maximum Gasteiger partial charge on any atom is 0.311 e. The summed E-state index contributed by atoms with van der Waals surface area (Å²) in [5.41, 5.74) is -0.163. The number of hydrogen-bond acceptors (Lipinski definition) is 2. The van der Waals surface area contributed by atoms with Crippen LogP contribution >= 0.6 is 0 Å². The van der Waals surface area contributed by atoms with Crippen LogP contribution in [-0.4, -0.2) is 20.5 Å². The molecule has 0 saturated carbocycles. The van der Waals surface area contributed by atoms with Crippen LogP contribution in [0, 0.1) is 0 Å². The summed E-state index contributed by atoms with van der Waals surface area (Å²) in [6.07, 6.45) is 6.89. The lowest BCUT2D eigenvalue weighted by Gasteiger charge is -2.33. The lowest BCUT2D eigenvalue weighted by molar-refractivity contribution is 0.248. The highest BCUT2D eigenvalue weighted by Gasteiger charge is 2.52. The predicted molar refractivity (Wildman–Crippen MR) is 118 cm³/mol. The minimum absolute atomic E-state index is 0.163. The Kier molecular flexibility index (Phi) is 4.37. The zero-order valence-electron chi connectivity index (χ0n) is 16.4. The molecule has 3 aromatic rings. The summed E-state index contributed by atoms with van der Waals surface area (Å²) < 4.78 is 13.1. The zero-order chi connectivity index (χ0) is 19.0. The molecule has 1 spiro atoms. The Hall–Kier alpha value is -2.36. The van der Waals surface area contributed by atoms with Crippen LogP contribution in [0.5, 0.6) is 0 Å². The van der Waals surface area contributed by atoms with E-state index in [1.807, 2.05) is 0 Å². The molecule has 0 N–H and O–H groups in total. The Morgan fingerprint density at radius 1 is 0.893 bits per heavy atom. The summed E-state index contributed by atoms with van der Waals surface area (Å²) in [6.45, 7) is 3.14. The molecule has 5 rings (SSSR count). The lowest BCUT2D eigenvalue weighted by Crippen LogP contribution is -2.59. The molecular weight excluding hydrogens is 360 g/mol. The normalized spacial score (nSPS) is 23.7. The zero-order valence-corrected chi connectivity index (χ0v) is 17.4. The number of epoxide rings is 1. The Bertz CT molecular complexity index is 1020. The van der Waals surface area contributed by atoms with E-state index in [-0.39, 0.29) is 5.60 Å². The van der Waals surface area contributed by atoms with E-state index < -0.39 is 8.32 Å². The second-order valence-electron chi connectivity index (χ2n) is 8.13. The molecule has 0 radical (unpaired) electrons. The second kappa shape index (κ2) is 6.91. The van der Waals surface area contributed by atoms with Gasteiger partial charge in [0.05, 0.1) is 6.61 Å². The molecule has 2 aliphatic rings. The van der Waals surface area contributed by atoms with Crippen molar-refractivity contribution in [2.45, 2.75) is 37.8 Å². The number of fused-ring (bicyclic) bond motifs is 1. The molecule has 1 saturated heterocycles. The Morgan fingerprint density at radius 3 is 2.46 bits per heavy atom. The molecule has 1 aliphatic carbocycles. The van der Waals surface area contributed by atoms with Crippen molar-refractivity contribution in [1.82, 2.24) is 0 Å². The second-order valence-corrected chi connectivity index (χ2v) is 11.5. The van der Waals surface area contributed by atoms with Crippen LogP contribution < -0.4 is 10.4 Å². The Balaban J connectivity index is 1.67. The maximum absolute atomic E-state index is 7.09. The monoisotopic (exact) mass is 386 g/mol. The number of ether oxygens (including phenoxy) is 1. The van der Waals surface area contributed by atoms with Crippen molar-refractivity contribution in [3.63, 3.8) is 0 Å². The number of allylic oxidation sites excluding steroid dienone is 1. The third-order valence-corrected chi connectivity index (χ3v) is 9.78. The number of rotatable bonds is 4. The highest BCUT2D eigenvalue weighted by Crippen LogP contribution is 2.43. The van der Waals surface area contributed by atoms with E-state index in [2.05, 4.69) is 85.4 Å². The van der Waals surface area contributed by atoms with Gasteiger partial charge in [-0.15, -0.1) is 0 Å². The Labute approximate surface area is 167 Å². The standard InChI is InChI=1S/C25H26O2Si/c1-28(21-13-4-2-5-14-21,23-16-10-12-20-11-7-8-15-22(20)23)27-24-17-6-3-9-18-25(24)19-26-25/h2,4-5,7-8,10-17H,3,6,9,18-19H2,1H3. The topological polar surface area (TPSA) is 21.8 Å². The molecule has 2 unspecified atom stereocenters. The summed E-state index contributed by atoms with van der Waals surface area (Å²) >= 11 is 0. The van der Waals surface area contributed by atoms with Gasteiger partial charge in [-0.05, 0) is 59.5 Å². The van der Waals surface area contributed by atoms with Gasteiger partial charge in [0.2, 0.25) is 0 Å². The maximum atomic E-state index is 7.09. The fraction of sp³-hybridized carbons (Fsp3) is 0.280. The van der Waals surface area contributed by atoms with Gasteiger partial charge in [-0.25, -0.2) is 0 Å². The summed E-state index contributed by atoms with van der Waals surface area (Å²) in [7, 11) is -2.47. The molecule has 142 valence electrons. The van der Waals surface area contributed by atoms with E-state index in [1.54, 1.807) is 0 Å². The minimum Gasteiger partial charge on any atom is -0.536 e. The van der Waals surface area contributed by atoms with Crippen molar-refractivity contribution in [3.8, 4) is 0 Å². The molecule has 2 atom stereocenters. The van der Waals surface area contributed by atoms with Gasteiger partial charge >= 0.3 is 8.32 Å². The molecule has 0 bridgehead atoms. The van der Waals surface area contributed by atoms with E-state index >= 15 is 0 Å². The third kappa shape index (κ3) is 2.99. The molecular formula is C25H26O2Si. The van der Waals surface area contributed by atoms with Crippen molar-refractivity contribution in [2.75, 3.05) is 6.61 Å². The van der Waals surface area contributed by atoms with E-state index in [1.165, 1.54) is 34.0 Å². The van der Waals surface area contributed by atoms with Crippen molar-refractivity contribution < 1.29 is 9.16 Å². The molecule has 28 heavy (non-hydrogen) atoms. The predicted octanol–water partition coefficient (Wildman–Crippen LogP) is 4.77. The van der Waals surface area contributed by atoms with Crippen molar-refractivity contribution in [1.29, 1.82) is 0 Å². The lowest BCUT2D eigenvalue weighted by atomic mass is 10.0. The highest BCUT2D eigenvalue weighted by atomic mass is 28.4. The first kappa shape index (κ1) is 17.7. The van der Waals surface area contributed by atoms with Gasteiger partial charge in [0.25, 0.3) is 0 Å². The molecule has 3 aromatic carbocycles. The highest BCUT2D eigenvalue weighted by molar-refractivity contribution is 6.98. The first-order chi connectivity index (χ1) is 13.7. The third-order valence-electron chi connectivity index (χ3n) is 6.25. The summed E-state index contributed by atoms with van der Waals surface area (Å²) in [5, 5.41) is 5.19. The van der Waals surface area contributed by atoms with Crippen LogP contribution in [0.4, 0.5) is 0 Å². The van der Waals surface area contributed by atoms with Gasteiger partial charge in [0, 0.05) is 0 Å². The van der Waals surface area contributed by atoms with Gasteiger partial charge in [-0.1, -0.05) is 72.8 Å². The fourth-order valence-corrected chi connectivity index (χ4v) is 7.72. The average molecular weight is 387 g/mol. The van der Waals surface area contributed by atoms with Crippen LogP contribution in [0.25, 0.3) is 10.8 Å². The number of hydrogen-bond donors (Lipinski definition) is 0.